The highest BCUT2D eigenvalue weighted by atomic mass is 32.1. The highest BCUT2D eigenvalue weighted by Gasteiger charge is 2.27. The fourth-order valence-corrected chi connectivity index (χ4v) is 3.65. The van der Waals surface area contributed by atoms with Gasteiger partial charge in [-0.2, -0.15) is 0 Å². The van der Waals surface area contributed by atoms with Gasteiger partial charge in [0.25, 0.3) is 0 Å². The first-order valence-electron chi connectivity index (χ1n) is 8.27. The standard InChI is InChI=1S/C16H23N5OS/c1-2-3-8-17-14(22)13-7-6-11-21(12-13)16-19-18-15(23-16)20-9-4-5-10-20/h4-5,9-10,13H,2-3,6-8,11-12H2,1H3,(H,17,22). The van der Waals surface area contributed by atoms with E-state index in [4.69, 9.17) is 0 Å². The Hall–Kier alpha value is -1.89. The number of piperidine rings is 1. The number of unbranched alkanes of at least 4 members (excludes halogenated alkanes) is 1. The van der Waals surface area contributed by atoms with Crippen molar-refractivity contribution in [1.29, 1.82) is 0 Å². The van der Waals surface area contributed by atoms with Gasteiger partial charge >= 0.3 is 0 Å². The van der Waals surface area contributed by atoms with E-state index in [0.717, 1.165) is 55.6 Å². The number of hydrogen-bond acceptors (Lipinski definition) is 5. The maximum absolute atomic E-state index is 12.3. The molecule has 1 fully saturated rings. The van der Waals surface area contributed by atoms with E-state index in [1.54, 1.807) is 11.3 Å². The van der Waals surface area contributed by atoms with E-state index >= 15 is 0 Å². The Morgan fingerprint density at radius 2 is 2.13 bits per heavy atom. The smallest absolute Gasteiger partial charge is 0.224 e. The Balaban J connectivity index is 1.61. The summed E-state index contributed by atoms with van der Waals surface area (Å²) in [5.74, 6) is 0.234. The van der Waals surface area contributed by atoms with Crippen LogP contribution in [0.15, 0.2) is 24.5 Å². The molecule has 0 saturated carbocycles. The Kier molecular flexibility index (Phi) is 5.27. The number of aromatic nitrogens is 3. The summed E-state index contributed by atoms with van der Waals surface area (Å²) in [6.07, 6.45) is 8.04. The van der Waals surface area contributed by atoms with Crippen LogP contribution in [-0.4, -0.2) is 40.3 Å². The van der Waals surface area contributed by atoms with Crippen LogP contribution in [0.4, 0.5) is 5.13 Å². The zero-order chi connectivity index (χ0) is 16.1. The third-order valence-electron chi connectivity index (χ3n) is 4.12. The molecule has 6 nitrogen and oxygen atoms in total. The number of rotatable bonds is 6. The van der Waals surface area contributed by atoms with Gasteiger partial charge in [-0.05, 0) is 31.4 Å². The first kappa shape index (κ1) is 16.0. The minimum absolute atomic E-state index is 0.0551. The van der Waals surface area contributed by atoms with E-state index in [-0.39, 0.29) is 11.8 Å². The van der Waals surface area contributed by atoms with Crippen molar-refractivity contribution in [2.24, 2.45) is 5.92 Å². The first-order chi connectivity index (χ1) is 11.3. The van der Waals surface area contributed by atoms with Gasteiger partial charge in [0, 0.05) is 32.0 Å². The van der Waals surface area contributed by atoms with E-state index in [1.165, 1.54) is 0 Å². The van der Waals surface area contributed by atoms with E-state index < -0.39 is 0 Å². The van der Waals surface area contributed by atoms with Crippen LogP contribution in [0.5, 0.6) is 0 Å². The van der Waals surface area contributed by atoms with E-state index in [9.17, 15) is 4.79 Å². The zero-order valence-corrected chi connectivity index (χ0v) is 14.3. The molecule has 1 N–H and O–H groups in total. The van der Waals surface area contributed by atoms with Gasteiger partial charge in [0.2, 0.25) is 16.2 Å². The molecule has 0 radical (unpaired) electrons. The van der Waals surface area contributed by atoms with Crippen LogP contribution >= 0.6 is 11.3 Å². The van der Waals surface area contributed by atoms with Crippen molar-refractivity contribution in [3.05, 3.63) is 24.5 Å². The molecule has 3 rings (SSSR count). The first-order valence-corrected chi connectivity index (χ1v) is 9.09. The summed E-state index contributed by atoms with van der Waals surface area (Å²) in [4.78, 5) is 14.5. The van der Waals surface area contributed by atoms with Crippen LogP contribution in [0, 0.1) is 5.92 Å². The molecule has 7 heteroatoms. The number of hydrogen-bond donors (Lipinski definition) is 1. The average molecular weight is 333 g/mol. The topological polar surface area (TPSA) is 63.1 Å². The van der Waals surface area contributed by atoms with Crippen LogP contribution in [0.1, 0.15) is 32.6 Å². The summed E-state index contributed by atoms with van der Waals surface area (Å²) in [5, 5.41) is 13.4. The fraction of sp³-hybridized carbons (Fsp3) is 0.562. The van der Waals surface area contributed by atoms with Gasteiger partial charge in [0.1, 0.15) is 0 Å². The molecule has 124 valence electrons. The summed E-state index contributed by atoms with van der Waals surface area (Å²) >= 11 is 1.57. The lowest BCUT2D eigenvalue weighted by molar-refractivity contribution is -0.125. The second kappa shape index (κ2) is 7.59. The van der Waals surface area contributed by atoms with E-state index in [2.05, 4.69) is 27.3 Å². The zero-order valence-electron chi connectivity index (χ0n) is 13.4. The molecule has 0 aliphatic carbocycles. The summed E-state index contributed by atoms with van der Waals surface area (Å²) < 4.78 is 1.96. The Morgan fingerprint density at radius 3 is 2.91 bits per heavy atom. The van der Waals surface area contributed by atoms with Gasteiger partial charge in [-0.15, -0.1) is 10.2 Å². The van der Waals surface area contributed by atoms with E-state index in [1.807, 2.05) is 29.1 Å². The van der Waals surface area contributed by atoms with Crippen molar-refractivity contribution >= 4 is 22.4 Å². The van der Waals surface area contributed by atoms with Crippen molar-refractivity contribution in [3.63, 3.8) is 0 Å². The molecule has 2 aromatic rings. The highest BCUT2D eigenvalue weighted by molar-refractivity contribution is 7.17. The number of nitrogens with zero attached hydrogens (tertiary/aromatic N) is 4. The second-order valence-electron chi connectivity index (χ2n) is 5.89. The molecule has 0 bridgehead atoms. The van der Waals surface area contributed by atoms with Crippen LogP contribution in [-0.2, 0) is 4.79 Å². The molecule has 1 atom stereocenters. The molecule has 23 heavy (non-hydrogen) atoms. The number of carbonyl (C=O) groups excluding carboxylic acids is 1. The Bertz CT molecular complexity index is 624. The SMILES string of the molecule is CCCCNC(=O)C1CCCN(c2nnc(-n3cccc3)s2)C1. The molecule has 1 unspecified atom stereocenters. The monoisotopic (exact) mass is 333 g/mol. The number of anilines is 1. The predicted octanol–water partition coefficient (Wildman–Crippen LogP) is 2.46. The third kappa shape index (κ3) is 3.90. The molecule has 0 spiro atoms. The minimum atomic E-state index is 0.0551. The second-order valence-corrected chi connectivity index (χ2v) is 6.82. The van der Waals surface area contributed by atoms with Crippen LogP contribution in [0.25, 0.3) is 5.13 Å². The highest BCUT2D eigenvalue weighted by Crippen LogP contribution is 2.27. The van der Waals surface area contributed by atoms with Gasteiger partial charge in [0.15, 0.2) is 0 Å². The molecule has 3 heterocycles. The molecular weight excluding hydrogens is 310 g/mol. The van der Waals surface area contributed by atoms with Gasteiger partial charge in [-0.3, -0.25) is 9.36 Å². The van der Waals surface area contributed by atoms with Crippen LogP contribution in [0.2, 0.25) is 0 Å². The summed E-state index contributed by atoms with van der Waals surface area (Å²) in [5.41, 5.74) is 0. The number of carbonyl (C=O) groups is 1. The normalized spacial score (nSPS) is 18.1. The lowest BCUT2D eigenvalue weighted by Crippen LogP contribution is -2.43. The molecule has 1 aliphatic heterocycles. The van der Waals surface area contributed by atoms with Gasteiger partial charge in [-0.1, -0.05) is 24.7 Å². The van der Waals surface area contributed by atoms with Gasteiger partial charge in [-0.25, -0.2) is 0 Å². The van der Waals surface area contributed by atoms with Crippen molar-refractivity contribution in [2.75, 3.05) is 24.5 Å². The molecule has 0 aromatic carbocycles. The number of amides is 1. The summed E-state index contributed by atoms with van der Waals surface area (Å²) in [6, 6.07) is 3.94. The van der Waals surface area contributed by atoms with Crippen molar-refractivity contribution < 1.29 is 4.79 Å². The van der Waals surface area contributed by atoms with E-state index in [0.29, 0.717) is 0 Å². The van der Waals surface area contributed by atoms with Crippen LogP contribution < -0.4 is 10.2 Å². The van der Waals surface area contributed by atoms with Gasteiger partial charge in [0.05, 0.1) is 5.92 Å². The lowest BCUT2D eigenvalue weighted by atomic mass is 9.97. The minimum Gasteiger partial charge on any atom is -0.356 e. The maximum atomic E-state index is 12.3. The quantitative estimate of drug-likeness (QED) is 0.825. The van der Waals surface area contributed by atoms with Crippen molar-refractivity contribution in [2.45, 2.75) is 32.6 Å². The lowest BCUT2D eigenvalue weighted by Gasteiger charge is -2.31. The molecule has 2 aromatic heterocycles. The maximum Gasteiger partial charge on any atom is 0.224 e. The molecule has 1 saturated heterocycles. The van der Waals surface area contributed by atoms with Crippen molar-refractivity contribution in [1.82, 2.24) is 20.1 Å². The number of nitrogens with one attached hydrogen (secondary N) is 1. The Labute approximate surface area is 140 Å². The Morgan fingerprint density at radius 1 is 1.35 bits per heavy atom. The molecular formula is C16H23N5OS. The van der Waals surface area contributed by atoms with Crippen LogP contribution in [0.3, 0.4) is 0 Å². The summed E-state index contributed by atoms with van der Waals surface area (Å²) in [6.45, 7) is 4.59. The van der Waals surface area contributed by atoms with Crippen molar-refractivity contribution in [3.8, 4) is 5.13 Å². The largest absolute Gasteiger partial charge is 0.356 e. The third-order valence-corrected chi connectivity index (χ3v) is 5.12. The van der Waals surface area contributed by atoms with Gasteiger partial charge < -0.3 is 10.2 Å². The predicted molar refractivity (Wildman–Crippen MR) is 92.1 cm³/mol. The average Bonchev–Trinajstić information content (AvgIpc) is 3.26. The summed E-state index contributed by atoms with van der Waals surface area (Å²) in [7, 11) is 0. The molecule has 1 amide bonds. The molecule has 1 aliphatic rings. The fourth-order valence-electron chi connectivity index (χ4n) is 2.80.